The van der Waals surface area contributed by atoms with Crippen molar-refractivity contribution in [2.45, 2.75) is 47.6 Å². The second-order valence-corrected chi connectivity index (χ2v) is 22.5. The first-order valence-corrected chi connectivity index (χ1v) is 24.7. The lowest BCUT2D eigenvalue weighted by Crippen LogP contribution is -2.42. The van der Waals surface area contributed by atoms with E-state index in [1.165, 1.54) is 30.3 Å². The Bertz CT molecular complexity index is 1860. The molecule has 0 saturated heterocycles. The maximum Gasteiger partial charge on any atom is 0.500 e. The third-order valence-electron chi connectivity index (χ3n) is 9.22. The lowest BCUT2D eigenvalue weighted by molar-refractivity contribution is 0.122. The molecule has 0 atom stereocenters. The fraction of sp³-hybridized carbons (Fsp3) is 0.316. The maximum atomic E-state index is 5.77. The first-order valence-electron chi connectivity index (χ1n) is 17.0. The highest BCUT2D eigenvalue weighted by molar-refractivity contribution is 8.76. The molecule has 0 saturated carbocycles. The Kier molecular flexibility index (Phi) is 13.8. The zero-order chi connectivity index (χ0) is 36.6. The van der Waals surface area contributed by atoms with Crippen LogP contribution >= 0.6 is 44.3 Å². The molecular formula is C38H44N2O6S4Si2. The number of thiazole rings is 2. The number of hydrogen-bond donors (Lipinski definition) is 0. The van der Waals surface area contributed by atoms with Gasteiger partial charge >= 0.3 is 17.6 Å². The van der Waals surface area contributed by atoms with Crippen LogP contribution in [0.25, 0.3) is 41.6 Å². The fourth-order valence-electron chi connectivity index (χ4n) is 6.34. The van der Waals surface area contributed by atoms with Gasteiger partial charge in [0, 0.05) is 75.7 Å². The van der Waals surface area contributed by atoms with Crippen LogP contribution in [0, 0.1) is 0 Å². The number of rotatable bonds is 19. The standard InChI is InChI=1S/C38H44N2O6S4Si2/c1-41-51(42-2,43-3)25-13-17-27-29(37-39-31-19-7-9-21-35(31)47-37)15-11-23-33(27)49-50-34-24-12-16-30(38-40-32-20-8-10-22-36(32)48-38)28(34)18-14-26-52(44-4,45-5)46-6/h7-12,15-16,19-24H,13-14,17-18,25-26H2,1-6H3. The van der Waals surface area contributed by atoms with Gasteiger partial charge in [-0.3, -0.25) is 0 Å². The van der Waals surface area contributed by atoms with Crippen molar-refractivity contribution < 1.29 is 26.6 Å². The molecule has 0 amide bonds. The van der Waals surface area contributed by atoms with E-state index in [1.54, 1.807) is 86.9 Å². The van der Waals surface area contributed by atoms with Crippen LogP contribution < -0.4 is 0 Å². The lowest BCUT2D eigenvalue weighted by atomic mass is 10.0. The van der Waals surface area contributed by atoms with Crippen molar-refractivity contribution in [3.8, 4) is 21.1 Å². The number of nitrogens with zero attached hydrogens (tertiary/aromatic N) is 2. The Morgan fingerprint density at radius 1 is 0.500 bits per heavy atom. The van der Waals surface area contributed by atoms with E-state index < -0.39 is 17.6 Å². The molecule has 6 aromatic rings. The molecule has 0 N–H and O–H groups in total. The van der Waals surface area contributed by atoms with Gasteiger partial charge in [-0.25, -0.2) is 9.97 Å². The number of hydrogen-bond acceptors (Lipinski definition) is 12. The summed E-state index contributed by atoms with van der Waals surface area (Å²) >= 11 is 3.47. The minimum atomic E-state index is -2.73. The topological polar surface area (TPSA) is 81.2 Å². The van der Waals surface area contributed by atoms with Crippen LogP contribution in [-0.2, 0) is 39.4 Å². The smallest absolute Gasteiger partial charge is 0.377 e. The van der Waals surface area contributed by atoms with Crippen LogP contribution in [-0.4, -0.2) is 70.2 Å². The van der Waals surface area contributed by atoms with Gasteiger partial charge in [-0.1, -0.05) is 70.1 Å². The lowest BCUT2D eigenvalue weighted by Gasteiger charge is -2.24. The SMILES string of the molecule is CO[Si](CCCc1c(SSc2cccc(-c3nc4ccccc4s3)c2CCC[Si](OC)(OC)OC)cccc1-c1nc2ccccc2s1)(OC)OC. The Hall–Kier alpha value is -2.45. The largest absolute Gasteiger partial charge is 0.500 e. The average molecular weight is 809 g/mol. The van der Waals surface area contributed by atoms with Crippen LogP contribution in [0.5, 0.6) is 0 Å². The summed E-state index contributed by atoms with van der Waals surface area (Å²) in [7, 11) is 8.18. The predicted octanol–water partition coefficient (Wildman–Crippen LogP) is 10.7. The highest BCUT2D eigenvalue weighted by Crippen LogP contribution is 2.46. The van der Waals surface area contributed by atoms with Crippen LogP contribution in [0.1, 0.15) is 24.0 Å². The van der Waals surface area contributed by atoms with Crippen molar-refractivity contribution in [3.63, 3.8) is 0 Å². The zero-order valence-electron chi connectivity index (χ0n) is 30.3. The summed E-state index contributed by atoms with van der Waals surface area (Å²) in [6, 6.07) is 31.2. The molecule has 14 heteroatoms. The summed E-state index contributed by atoms with van der Waals surface area (Å²) in [4.78, 5) is 12.5. The maximum absolute atomic E-state index is 5.77. The van der Waals surface area contributed by atoms with E-state index >= 15 is 0 Å². The van der Waals surface area contributed by atoms with Crippen LogP contribution in [0.4, 0.5) is 0 Å². The number of fused-ring (bicyclic) bond motifs is 2. The van der Waals surface area contributed by atoms with Crippen molar-refractivity contribution >= 4 is 82.3 Å². The fourth-order valence-corrected chi connectivity index (χ4v) is 14.4. The normalized spacial score (nSPS) is 12.3. The first-order chi connectivity index (χ1) is 25.4. The molecule has 52 heavy (non-hydrogen) atoms. The predicted molar refractivity (Wildman–Crippen MR) is 222 cm³/mol. The second-order valence-electron chi connectivity index (χ2n) is 12.0. The highest BCUT2D eigenvalue weighted by atomic mass is 33.1. The van der Waals surface area contributed by atoms with Crippen LogP contribution in [0.15, 0.2) is 94.7 Å². The highest BCUT2D eigenvalue weighted by Gasteiger charge is 2.38. The van der Waals surface area contributed by atoms with Gasteiger partial charge in [0.05, 0.1) is 20.4 Å². The average Bonchev–Trinajstić information content (AvgIpc) is 3.83. The van der Waals surface area contributed by atoms with E-state index in [2.05, 4.69) is 72.8 Å². The van der Waals surface area contributed by atoms with Crippen LogP contribution in [0.3, 0.4) is 0 Å². The summed E-state index contributed by atoms with van der Waals surface area (Å²) in [6.45, 7) is 0. The summed E-state index contributed by atoms with van der Waals surface area (Å²) < 4.78 is 37.0. The van der Waals surface area contributed by atoms with Gasteiger partial charge in [0.1, 0.15) is 10.0 Å². The van der Waals surface area contributed by atoms with E-state index in [4.69, 9.17) is 36.5 Å². The molecule has 0 radical (unpaired) electrons. The summed E-state index contributed by atoms with van der Waals surface area (Å²) in [6.07, 6.45) is 3.36. The third-order valence-corrected chi connectivity index (χ3v) is 19.6. The van der Waals surface area contributed by atoms with Crippen molar-refractivity contribution in [3.05, 3.63) is 96.1 Å². The summed E-state index contributed by atoms with van der Waals surface area (Å²) in [5.41, 5.74) is 6.90. The molecule has 0 aliphatic carbocycles. The van der Waals surface area contributed by atoms with E-state index in [1.807, 2.05) is 12.1 Å². The molecule has 6 rings (SSSR count). The second kappa shape index (κ2) is 18.3. The minimum absolute atomic E-state index is 0.714. The van der Waals surface area contributed by atoms with E-state index in [0.29, 0.717) is 12.1 Å². The van der Waals surface area contributed by atoms with E-state index in [9.17, 15) is 0 Å². The quantitative estimate of drug-likeness (QED) is 0.0583. The molecule has 8 nitrogen and oxygen atoms in total. The third kappa shape index (κ3) is 8.75. The Morgan fingerprint density at radius 2 is 0.885 bits per heavy atom. The van der Waals surface area contributed by atoms with Gasteiger partial charge in [0.15, 0.2) is 0 Å². The molecule has 0 unspecified atom stereocenters. The summed E-state index contributed by atoms with van der Waals surface area (Å²) in [5, 5.41) is 2.05. The van der Waals surface area contributed by atoms with Crippen LogP contribution in [0.2, 0.25) is 12.1 Å². The van der Waals surface area contributed by atoms with E-state index in [-0.39, 0.29) is 0 Å². The van der Waals surface area contributed by atoms with Crippen molar-refractivity contribution in [2.24, 2.45) is 0 Å². The Morgan fingerprint density at radius 3 is 1.25 bits per heavy atom. The van der Waals surface area contributed by atoms with Crippen molar-refractivity contribution in [1.29, 1.82) is 0 Å². The molecule has 4 aromatic carbocycles. The molecule has 0 bridgehead atoms. The molecule has 0 aliphatic rings. The molecular weight excluding hydrogens is 765 g/mol. The van der Waals surface area contributed by atoms with Crippen molar-refractivity contribution in [1.82, 2.24) is 9.97 Å². The molecule has 274 valence electrons. The number of aromatic nitrogens is 2. The molecule has 2 heterocycles. The Labute approximate surface area is 324 Å². The van der Waals surface area contributed by atoms with Crippen molar-refractivity contribution in [2.75, 3.05) is 42.7 Å². The Balaban J connectivity index is 1.35. The molecule has 0 aliphatic heterocycles. The first kappa shape index (κ1) is 39.3. The molecule has 0 spiro atoms. The van der Waals surface area contributed by atoms with Gasteiger partial charge in [0.2, 0.25) is 0 Å². The molecule has 2 aromatic heterocycles. The van der Waals surface area contributed by atoms with Gasteiger partial charge in [-0.15, -0.1) is 22.7 Å². The van der Waals surface area contributed by atoms with Gasteiger partial charge in [-0.2, -0.15) is 0 Å². The minimum Gasteiger partial charge on any atom is -0.377 e. The number of benzene rings is 4. The van der Waals surface area contributed by atoms with E-state index in [0.717, 1.165) is 57.9 Å². The summed E-state index contributed by atoms with van der Waals surface area (Å²) in [5.74, 6) is 0. The monoisotopic (exact) mass is 808 g/mol. The zero-order valence-corrected chi connectivity index (χ0v) is 35.6. The van der Waals surface area contributed by atoms with Gasteiger partial charge in [0.25, 0.3) is 0 Å². The molecule has 0 fully saturated rings. The van der Waals surface area contributed by atoms with Gasteiger partial charge < -0.3 is 26.6 Å². The number of para-hydroxylation sites is 2. The van der Waals surface area contributed by atoms with Gasteiger partial charge in [-0.05, 0) is 73.2 Å².